The van der Waals surface area contributed by atoms with E-state index < -0.39 is 10.2 Å². The van der Waals surface area contributed by atoms with Crippen LogP contribution in [0.4, 0.5) is 0 Å². The van der Waals surface area contributed by atoms with E-state index in [9.17, 15) is 8.42 Å². The summed E-state index contributed by atoms with van der Waals surface area (Å²) < 4.78 is 26.3. The van der Waals surface area contributed by atoms with Crippen LogP contribution in [0.2, 0.25) is 0 Å². The second kappa shape index (κ2) is 6.13. The third-order valence-corrected chi connectivity index (χ3v) is 4.27. The van der Waals surface area contributed by atoms with E-state index in [1.165, 1.54) is 28.7 Å². The molecule has 0 aliphatic rings. The average molecular weight is 260 g/mol. The first-order valence-corrected chi connectivity index (χ1v) is 7.04. The Kier molecular flexibility index (Phi) is 5.10. The molecule has 0 fully saturated rings. The van der Waals surface area contributed by atoms with Crippen molar-refractivity contribution in [3.63, 3.8) is 0 Å². The number of nitrogens with two attached hydrogens (primary N) is 1. The zero-order valence-corrected chi connectivity index (χ0v) is 11.2. The molecule has 0 aromatic carbocycles. The van der Waals surface area contributed by atoms with Crippen LogP contribution < -0.4 is 5.73 Å². The lowest BCUT2D eigenvalue weighted by Gasteiger charge is -2.14. The lowest BCUT2D eigenvalue weighted by atomic mass is 10.1. The molecule has 2 N–H and O–H groups in total. The number of hydrogen-bond acceptors (Lipinski definition) is 4. The highest BCUT2D eigenvalue weighted by molar-refractivity contribution is 7.87. The zero-order valence-electron chi connectivity index (χ0n) is 10.3. The fourth-order valence-electron chi connectivity index (χ4n) is 1.50. The van der Waals surface area contributed by atoms with Crippen LogP contribution in [0.15, 0.2) is 12.5 Å². The molecule has 17 heavy (non-hydrogen) atoms. The molecule has 0 amide bonds. The van der Waals surface area contributed by atoms with Gasteiger partial charge in [0.25, 0.3) is 0 Å². The number of nitrogens with zero attached hydrogens (tertiary/aromatic N) is 3. The van der Waals surface area contributed by atoms with Gasteiger partial charge in [-0.3, -0.25) is 0 Å². The van der Waals surface area contributed by atoms with Crippen LogP contribution in [-0.2, 0) is 16.6 Å². The van der Waals surface area contributed by atoms with E-state index in [-0.39, 0.29) is 0 Å². The van der Waals surface area contributed by atoms with Crippen molar-refractivity contribution in [1.29, 1.82) is 0 Å². The molecule has 0 spiro atoms. The standard InChI is InChI=1S/C10H20N4O2S/c1-13(2)17(15,16)14-9-12-8-10(14)6-4-3-5-7-11/h8-9H,3-7,11H2,1-2H3. The molecule has 0 aliphatic carbocycles. The van der Waals surface area contributed by atoms with E-state index in [1.54, 1.807) is 6.20 Å². The van der Waals surface area contributed by atoms with E-state index in [0.717, 1.165) is 25.0 Å². The van der Waals surface area contributed by atoms with E-state index in [2.05, 4.69) is 4.98 Å². The normalized spacial score (nSPS) is 12.2. The Labute approximate surface area is 103 Å². The van der Waals surface area contributed by atoms with Gasteiger partial charge in [-0.25, -0.2) is 8.96 Å². The van der Waals surface area contributed by atoms with Gasteiger partial charge in [0.05, 0.1) is 5.69 Å². The third kappa shape index (κ3) is 3.52. The molecule has 1 aromatic rings. The molecule has 0 saturated heterocycles. The van der Waals surface area contributed by atoms with E-state index in [1.807, 2.05) is 0 Å². The number of unbranched alkanes of at least 4 members (excludes halogenated alkanes) is 2. The van der Waals surface area contributed by atoms with Crippen molar-refractivity contribution in [3.8, 4) is 0 Å². The van der Waals surface area contributed by atoms with Gasteiger partial charge in [0, 0.05) is 20.3 Å². The lowest BCUT2D eigenvalue weighted by molar-refractivity contribution is 0.508. The Morgan fingerprint density at radius 1 is 1.35 bits per heavy atom. The second-order valence-electron chi connectivity index (χ2n) is 4.07. The third-order valence-electron chi connectivity index (χ3n) is 2.53. The van der Waals surface area contributed by atoms with E-state index in [0.29, 0.717) is 13.0 Å². The van der Waals surface area contributed by atoms with Crippen molar-refractivity contribution in [3.05, 3.63) is 18.2 Å². The summed E-state index contributed by atoms with van der Waals surface area (Å²) in [6, 6.07) is 0. The molecule has 0 unspecified atom stereocenters. The number of rotatable bonds is 7. The fraction of sp³-hybridized carbons (Fsp3) is 0.700. The SMILES string of the molecule is CN(C)S(=O)(=O)n1cncc1CCCCCN. The smallest absolute Gasteiger partial charge is 0.308 e. The Bertz CT molecular complexity index is 439. The van der Waals surface area contributed by atoms with Crippen LogP contribution in [0.3, 0.4) is 0 Å². The second-order valence-corrected chi connectivity index (χ2v) is 6.09. The minimum absolute atomic E-state index is 0.676. The molecular weight excluding hydrogens is 240 g/mol. The van der Waals surface area contributed by atoms with E-state index >= 15 is 0 Å². The van der Waals surface area contributed by atoms with Gasteiger partial charge < -0.3 is 5.73 Å². The minimum atomic E-state index is -3.44. The monoisotopic (exact) mass is 260 g/mol. The number of hydrogen-bond donors (Lipinski definition) is 1. The molecule has 0 atom stereocenters. The Morgan fingerprint density at radius 3 is 2.65 bits per heavy atom. The maximum atomic E-state index is 11.9. The summed E-state index contributed by atoms with van der Waals surface area (Å²) in [6.07, 6.45) is 6.54. The molecule has 0 radical (unpaired) electrons. The zero-order chi connectivity index (χ0) is 12.9. The molecular formula is C10H20N4O2S. The molecule has 1 rings (SSSR count). The molecule has 6 nitrogen and oxygen atoms in total. The fourth-order valence-corrected chi connectivity index (χ4v) is 2.46. The molecule has 98 valence electrons. The highest BCUT2D eigenvalue weighted by Gasteiger charge is 2.18. The summed E-state index contributed by atoms with van der Waals surface area (Å²) in [5.74, 6) is 0. The molecule has 1 aromatic heterocycles. The van der Waals surface area contributed by atoms with Crippen molar-refractivity contribution in [2.24, 2.45) is 5.73 Å². The summed E-state index contributed by atoms with van der Waals surface area (Å²) in [4.78, 5) is 3.90. The quantitative estimate of drug-likeness (QED) is 0.711. The van der Waals surface area contributed by atoms with Crippen LogP contribution in [0.1, 0.15) is 25.0 Å². The molecule has 0 bridgehead atoms. The van der Waals surface area contributed by atoms with Gasteiger partial charge >= 0.3 is 10.2 Å². The molecule has 7 heteroatoms. The summed E-state index contributed by atoms with van der Waals surface area (Å²) in [5, 5.41) is 0. The van der Waals surface area contributed by atoms with Crippen LogP contribution in [0.5, 0.6) is 0 Å². The predicted octanol–water partition coefficient (Wildman–Crippen LogP) is 0.209. The first-order chi connectivity index (χ1) is 8.00. The molecule has 1 heterocycles. The summed E-state index contributed by atoms with van der Waals surface area (Å²) >= 11 is 0. The van der Waals surface area contributed by atoms with Crippen LogP contribution in [0, 0.1) is 0 Å². The topological polar surface area (TPSA) is 81.2 Å². The largest absolute Gasteiger partial charge is 0.330 e. The lowest BCUT2D eigenvalue weighted by Crippen LogP contribution is -2.29. The summed E-state index contributed by atoms with van der Waals surface area (Å²) in [6.45, 7) is 0.676. The number of aromatic nitrogens is 2. The van der Waals surface area contributed by atoms with Gasteiger partial charge in [-0.15, -0.1) is 0 Å². The van der Waals surface area contributed by atoms with Gasteiger partial charge in [-0.2, -0.15) is 12.7 Å². The van der Waals surface area contributed by atoms with Crippen LogP contribution >= 0.6 is 0 Å². The molecule has 0 aliphatic heterocycles. The maximum absolute atomic E-state index is 11.9. The van der Waals surface area contributed by atoms with Crippen LogP contribution in [0.25, 0.3) is 0 Å². The Balaban J connectivity index is 2.73. The Morgan fingerprint density at radius 2 is 2.06 bits per heavy atom. The van der Waals surface area contributed by atoms with Crippen molar-refractivity contribution < 1.29 is 8.42 Å². The van der Waals surface area contributed by atoms with E-state index in [4.69, 9.17) is 5.73 Å². The van der Waals surface area contributed by atoms with Gasteiger partial charge in [0.2, 0.25) is 0 Å². The minimum Gasteiger partial charge on any atom is -0.330 e. The van der Waals surface area contributed by atoms with Crippen LogP contribution in [-0.4, -0.2) is 42.3 Å². The first-order valence-electron chi connectivity index (χ1n) is 5.64. The number of imidazole rings is 1. The average Bonchev–Trinajstić information content (AvgIpc) is 2.73. The highest BCUT2D eigenvalue weighted by atomic mass is 32.2. The van der Waals surface area contributed by atoms with Crippen molar-refractivity contribution >= 4 is 10.2 Å². The maximum Gasteiger partial charge on any atom is 0.308 e. The summed E-state index contributed by atoms with van der Waals surface area (Å²) in [7, 11) is -0.429. The molecule has 0 saturated carbocycles. The van der Waals surface area contributed by atoms with Gasteiger partial charge in [0.15, 0.2) is 0 Å². The first kappa shape index (κ1) is 14.1. The van der Waals surface area contributed by atoms with Gasteiger partial charge in [0.1, 0.15) is 6.33 Å². The number of aryl methyl sites for hydroxylation is 1. The van der Waals surface area contributed by atoms with Crippen molar-refractivity contribution in [1.82, 2.24) is 13.3 Å². The highest BCUT2D eigenvalue weighted by Crippen LogP contribution is 2.10. The van der Waals surface area contributed by atoms with Gasteiger partial charge in [-0.05, 0) is 25.8 Å². The predicted molar refractivity (Wildman–Crippen MR) is 66.8 cm³/mol. The van der Waals surface area contributed by atoms with Crippen molar-refractivity contribution in [2.75, 3.05) is 20.6 Å². The van der Waals surface area contributed by atoms with Gasteiger partial charge in [-0.1, -0.05) is 6.42 Å². The summed E-state index contributed by atoms with van der Waals surface area (Å²) in [5.41, 5.74) is 6.13. The van der Waals surface area contributed by atoms with Crippen molar-refractivity contribution in [2.45, 2.75) is 25.7 Å². The Hall–Kier alpha value is -0.920.